The van der Waals surface area contributed by atoms with E-state index >= 15 is 0 Å². The van der Waals surface area contributed by atoms with Crippen LogP contribution in [-0.2, 0) is 22.7 Å². The molecule has 0 spiro atoms. The van der Waals surface area contributed by atoms with Crippen molar-refractivity contribution >= 4 is 30.1 Å². The summed E-state index contributed by atoms with van der Waals surface area (Å²) >= 11 is 4.75. The van der Waals surface area contributed by atoms with Gasteiger partial charge in [0.25, 0.3) is 0 Å². The van der Waals surface area contributed by atoms with E-state index in [0.717, 1.165) is 36.8 Å². The fourth-order valence-electron chi connectivity index (χ4n) is 5.03. The Labute approximate surface area is 196 Å². The topological polar surface area (TPSA) is 55.9 Å². The number of piperazine rings is 1. The Bertz CT molecular complexity index is 1090. The molecule has 2 aromatic rings. The number of hydrogen-bond acceptors (Lipinski definition) is 6. The van der Waals surface area contributed by atoms with E-state index in [1.165, 1.54) is 11.6 Å². The number of fused-ring (bicyclic) bond motifs is 1. The number of thiol groups is 1. The summed E-state index contributed by atoms with van der Waals surface area (Å²) < 4.78 is 27.7. The zero-order chi connectivity index (χ0) is 23.1. The Morgan fingerprint density at radius 1 is 1.06 bits per heavy atom. The van der Waals surface area contributed by atoms with Crippen LogP contribution in [-0.4, -0.2) is 53.8 Å². The van der Waals surface area contributed by atoms with E-state index in [1.807, 2.05) is 9.80 Å². The van der Waals surface area contributed by atoms with Crippen LogP contribution in [0.15, 0.2) is 36.4 Å². The summed E-state index contributed by atoms with van der Waals surface area (Å²) in [6.07, 6.45) is 0.860. The largest absolute Gasteiger partial charge is 0.367 e. The third kappa shape index (κ3) is 4.37. The smallest absolute Gasteiger partial charge is 0.243 e. The van der Waals surface area contributed by atoms with Crippen molar-refractivity contribution in [1.82, 2.24) is 15.1 Å². The van der Waals surface area contributed by atoms with Crippen LogP contribution in [0.4, 0.5) is 14.5 Å². The van der Waals surface area contributed by atoms with E-state index in [9.17, 15) is 18.4 Å². The second-order valence-electron chi connectivity index (χ2n) is 8.88. The number of piperidine rings is 1. The number of halogens is 2. The first kappa shape index (κ1) is 22.3. The van der Waals surface area contributed by atoms with Crippen molar-refractivity contribution in [1.29, 1.82) is 0 Å². The Morgan fingerprint density at radius 3 is 2.61 bits per heavy atom. The molecule has 5 rings (SSSR count). The van der Waals surface area contributed by atoms with Crippen LogP contribution in [0.2, 0.25) is 0 Å². The number of imide groups is 1. The van der Waals surface area contributed by atoms with Gasteiger partial charge in [0, 0.05) is 45.7 Å². The molecule has 0 aromatic heterocycles. The molecule has 33 heavy (non-hydrogen) atoms. The monoisotopic (exact) mass is 472 g/mol. The molecular formula is C24H26F2N4O2S. The van der Waals surface area contributed by atoms with Crippen LogP contribution in [0.5, 0.6) is 0 Å². The number of carbonyl (C=O) groups is 2. The Balaban J connectivity index is 1.21. The number of benzene rings is 2. The summed E-state index contributed by atoms with van der Waals surface area (Å²) in [4.78, 5) is 30.1. The summed E-state index contributed by atoms with van der Waals surface area (Å²) in [7, 11) is 0. The maximum atomic E-state index is 14.1. The van der Waals surface area contributed by atoms with Gasteiger partial charge < -0.3 is 4.90 Å². The van der Waals surface area contributed by atoms with Gasteiger partial charge in [0.1, 0.15) is 0 Å². The molecule has 0 bridgehead atoms. The van der Waals surface area contributed by atoms with Crippen molar-refractivity contribution in [2.24, 2.45) is 0 Å². The van der Waals surface area contributed by atoms with Gasteiger partial charge in [0.15, 0.2) is 11.6 Å². The summed E-state index contributed by atoms with van der Waals surface area (Å²) in [6, 6.07) is 10.3. The lowest BCUT2D eigenvalue weighted by Gasteiger charge is -2.36. The zero-order valence-corrected chi connectivity index (χ0v) is 19.0. The van der Waals surface area contributed by atoms with Gasteiger partial charge in [-0.25, -0.2) is 8.78 Å². The van der Waals surface area contributed by atoms with Gasteiger partial charge in [-0.2, -0.15) is 12.6 Å². The highest BCUT2D eigenvalue weighted by atomic mass is 32.1. The Morgan fingerprint density at radius 2 is 1.85 bits per heavy atom. The average molecular weight is 473 g/mol. The number of hydrogen-bond donors (Lipinski definition) is 2. The number of rotatable bonds is 4. The number of nitrogens with zero attached hydrogens (tertiary/aromatic N) is 3. The van der Waals surface area contributed by atoms with E-state index < -0.39 is 11.6 Å². The quantitative estimate of drug-likeness (QED) is 0.530. The molecule has 1 N–H and O–H groups in total. The first-order chi connectivity index (χ1) is 15.9. The SMILES string of the molecule is O=C1CCC(N2Cc3cc(CN4CCN(c5cccc(F)c5F)CC4)ccc3C2S)C(=O)N1. The van der Waals surface area contributed by atoms with E-state index in [4.69, 9.17) is 12.6 Å². The summed E-state index contributed by atoms with van der Waals surface area (Å²) in [5.74, 6) is -2.06. The fraction of sp³-hybridized carbons (Fsp3) is 0.417. The van der Waals surface area contributed by atoms with Gasteiger partial charge in [-0.05, 0) is 35.2 Å². The van der Waals surface area contributed by atoms with E-state index in [2.05, 4.69) is 28.4 Å². The molecule has 9 heteroatoms. The van der Waals surface area contributed by atoms with Crippen molar-refractivity contribution in [2.75, 3.05) is 31.1 Å². The molecule has 0 radical (unpaired) electrons. The summed E-state index contributed by atoms with van der Waals surface area (Å²) in [6.45, 7) is 4.16. The van der Waals surface area contributed by atoms with E-state index in [-0.39, 0.29) is 23.2 Å². The maximum Gasteiger partial charge on any atom is 0.243 e. The lowest BCUT2D eigenvalue weighted by atomic mass is 10.0. The molecule has 174 valence electrons. The van der Waals surface area contributed by atoms with E-state index in [0.29, 0.717) is 38.2 Å². The summed E-state index contributed by atoms with van der Waals surface area (Å²) in [5, 5.41) is 2.25. The van der Waals surface area contributed by atoms with Crippen LogP contribution in [0, 0.1) is 11.6 Å². The maximum absolute atomic E-state index is 14.1. The number of amides is 2. The molecule has 3 aliphatic rings. The molecule has 2 fully saturated rings. The minimum atomic E-state index is -0.818. The molecule has 0 aliphatic carbocycles. The van der Waals surface area contributed by atoms with Gasteiger partial charge >= 0.3 is 0 Å². The van der Waals surface area contributed by atoms with Crippen LogP contribution in [0.25, 0.3) is 0 Å². The highest BCUT2D eigenvalue weighted by Crippen LogP contribution is 2.39. The first-order valence-corrected chi connectivity index (χ1v) is 11.7. The first-order valence-electron chi connectivity index (χ1n) is 11.2. The average Bonchev–Trinajstić information content (AvgIpc) is 3.12. The molecule has 2 amide bonds. The third-order valence-corrected chi connectivity index (χ3v) is 7.39. The van der Waals surface area contributed by atoms with Crippen LogP contribution >= 0.6 is 12.6 Å². The zero-order valence-electron chi connectivity index (χ0n) is 18.1. The molecule has 2 atom stereocenters. The van der Waals surface area contributed by atoms with Gasteiger partial charge in [-0.3, -0.25) is 24.7 Å². The highest BCUT2D eigenvalue weighted by molar-refractivity contribution is 7.80. The lowest BCUT2D eigenvalue weighted by Crippen LogP contribution is -2.51. The molecule has 2 saturated heterocycles. The van der Waals surface area contributed by atoms with Crippen molar-refractivity contribution < 1.29 is 18.4 Å². The normalized spacial score (nSPS) is 24.2. The third-order valence-electron chi connectivity index (χ3n) is 6.81. The summed E-state index contributed by atoms with van der Waals surface area (Å²) in [5.41, 5.74) is 3.74. The van der Waals surface area contributed by atoms with Crippen LogP contribution in [0.1, 0.15) is 34.9 Å². The standard InChI is InChI=1S/C24H26F2N4O2S/c25-18-2-1-3-19(22(18)26)29-10-8-28(9-11-29)13-15-4-5-17-16(12-15)14-30(24(17)33)20-6-7-21(31)27-23(20)32/h1-5,12,20,24,33H,6-11,13-14H2,(H,27,31,32). The van der Waals surface area contributed by atoms with Gasteiger partial charge in [-0.1, -0.05) is 24.3 Å². The van der Waals surface area contributed by atoms with Crippen molar-refractivity contribution in [3.05, 3.63) is 64.7 Å². The van der Waals surface area contributed by atoms with Crippen molar-refractivity contribution in [3.8, 4) is 0 Å². The molecule has 2 unspecified atom stereocenters. The van der Waals surface area contributed by atoms with Crippen molar-refractivity contribution in [3.63, 3.8) is 0 Å². The molecule has 0 saturated carbocycles. The van der Waals surface area contributed by atoms with Crippen molar-refractivity contribution in [2.45, 2.75) is 37.3 Å². The minimum absolute atomic E-state index is 0.178. The number of anilines is 1. The van der Waals surface area contributed by atoms with Gasteiger partial charge in [0.2, 0.25) is 11.8 Å². The molecule has 3 heterocycles. The number of nitrogens with one attached hydrogen (secondary N) is 1. The predicted octanol–water partition coefficient (Wildman–Crippen LogP) is 2.84. The second kappa shape index (κ2) is 9.04. The Hall–Kier alpha value is -2.49. The lowest BCUT2D eigenvalue weighted by molar-refractivity contribution is -0.137. The molecule has 2 aromatic carbocycles. The molecule has 6 nitrogen and oxygen atoms in total. The van der Waals surface area contributed by atoms with Crippen LogP contribution < -0.4 is 10.2 Å². The van der Waals surface area contributed by atoms with Gasteiger partial charge in [-0.15, -0.1) is 0 Å². The predicted molar refractivity (Wildman–Crippen MR) is 124 cm³/mol. The number of carbonyl (C=O) groups excluding carboxylic acids is 2. The van der Waals surface area contributed by atoms with Gasteiger partial charge in [0.05, 0.1) is 17.1 Å². The second-order valence-corrected chi connectivity index (χ2v) is 9.37. The molecular weight excluding hydrogens is 446 g/mol. The van der Waals surface area contributed by atoms with E-state index in [1.54, 1.807) is 6.07 Å². The fourth-order valence-corrected chi connectivity index (χ4v) is 5.52. The molecule has 3 aliphatic heterocycles. The van der Waals surface area contributed by atoms with Crippen LogP contribution in [0.3, 0.4) is 0 Å². The Kier molecular flexibility index (Phi) is 6.11. The minimum Gasteiger partial charge on any atom is -0.367 e. The highest BCUT2D eigenvalue weighted by Gasteiger charge is 2.39.